The van der Waals surface area contributed by atoms with Crippen molar-refractivity contribution in [2.24, 2.45) is 0 Å². The van der Waals surface area contributed by atoms with E-state index in [1.54, 1.807) is 0 Å². The first-order valence-corrected chi connectivity index (χ1v) is 11.6. The quantitative estimate of drug-likeness (QED) is 0.244. The highest BCUT2D eigenvalue weighted by molar-refractivity contribution is 14.1. The Morgan fingerprint density at radius 2 is 1.47 bits per heavy atom. The molecule has 0 fully saturated rings. The van der Waals surface area contributed by atoms with Gasteiger partial charge in [-0.1, -0.05) is 72.8 Å². The lowest BCUT2D eigenvalue weighted by Gasteiger charge is -2.39. The molecule has 0 radical (unpaired) electrons. The molecule has 1 aliphatic heterocycles. The smallest absolute Gasteiger partial charge is 0.262 e. The van der Waals surface area contributed by atoms with Crippen LogP contribution in [0.25, 0.3) is 21.5 Å². The molecule has 0 spiro atoms. The van der Waals surface area contributed by atoms with E-state index in [1.807, 2.05) is 59.5 Å². The van der Waals surface area contributed by atoms with Crippen molar-refractivity contribution < 1.29 is 4.79 Å². The molecule has 4 heteroatoms. The van der Waals surface area contributed by atoms with Crippen molar-refractivity contribution >= 4 is 61.4 Å². The first kappa shape index (κ1) is 19.3. The molecule has 1 heterocycles. The minimum Gasteiger partial charge on any atom is -0.360 e. The van der Waals surface area contributed by atoms with Crippen LogP contribution >= 0.6 is 22.6 Å². The Balaban J connectivity index is 1.59. The fourth-order valence-electron chi connectivity index (χ4n) is 4.56. The van der Waals surface area contributed by atoms with Crippen LogP contribution in [-0.2, 0) is 0 Å². The topological polar surface area (TPSA) is 32.3 Å². The Kier molecular flexibility index (Phi) is 4.61. The van der Waals surface area contributed by atoms with Gasteiger partial charge in [0.1, 0.15) is 6.17 Å². The minimum atomic E-state index is -0.314. The number of hydrogen-bond donors (Lipinski definition) is 1. The highest BCUT2D eigenvalue weighted by atomic mass is 127. The number of hydrogen-bond acceptors (Lipinski definition) is 2. The van der Waals surface area contributed by atoms with E-state index in [0.29, 0.717) is 5.56 Å². The standard InChI is InChI=1S/C28H19IN2O/c29-22-14-15-25-24(17-22)28(32)31(26-11-5-9-19-7-3-4-10-23(19)26)27(30-25)21-13-12-18-6-1-2-8-20(18)16-21/h1-17,27,30H/t27-/m1/s1. The summed E-state index contributed by atoms with van der Waals surface area (Å²) in [6, 6.07) is 35.1. The van der Waals surface area contributed by atoms with E-state index in [4.69, 9.17) is 0 Å². The molecule has 1 atom stereocenters. The van der Waals surface area contributed by atoms with Crippen molar-refractivity contribution in [1.29, 1.82) is 0 Å². The van der Waals surface area contributed by atoms with Gasteiger partial charge in [-0.2, -0.15) is 0 Å². The fourth-order valence-corrected chi connectivity index (χ4v) is 5.05. The van der Waals surface area contributed by atoms with Crippen LogP contribution in [0.5, 0.6) is 0 Å². The number of halogens is 1. The molecule has 0 aromatic heterocycles. The third kappa shape index (κ3) is 3.14. The molecule has 5 aromatic carbocycles. The summed E-state index contributed by atoms with van der Waals surface area (Å²) in [5.74, 6) is 0.00628. The van der Waals surface area contributed by atoms with Crippen molar-refractivity contribution in [3.63, 3.8) is 0 Å². The molecule has 0 bridgehead atoms. The van der Waals surface area contributed by atoms with Gasteiger partial charge < -0.3 is 5.32 Å². The number of fused-ring (bicyclic) bond motifs is 3. The van der Waals surface area contributed by atoms with Crippen LogP contribution in [0.3, 0.4) is 0 Å². The summed E-state index contributed by atoms with van der Waals surface area (Å²) >= 11 is 2.26. The van der Waals surface area contributed by atoms with Crippen molar-refractivity contribution in [2.45, 2.75) is 6.17 Å². The molecule has 0 saturated carbocycles. The van der Waals surface area contributed by atoms with Crippen LogP contribution in [0.15, 0.2) is 103 Å². The maximum absolute atomic E-state index is 13.9. The predicted molar refractivity (Wildman–Crippen MR) is 140 cm³/mol. The molecule has 0 unspecified atom stereocenters. The van der Waals surface area contributed by atoms with Gasteiger partial charge >= 0.3 is 0 Å². The van der Waals surface area contributed by atoms with E-state index < -0.39 is 0 Å². The molecule has 5 aromatic rings. The zero-order valence-electron chi connectivity index (χ0n) is 17.1. The summed E-state index contributed by atoms with van der Waals surface area (Å²) in [5.41, 5.74) is 3.52. The van der Waals surface area contributed by atoms with Crippen LogP contribution in [-0.4, -0.2) is 5.91 Å². The van der Waals surface area contributed by atoms with Crippen LogP contribution in [0.2, 0.25) is 0 Å². The van der Waals surface area contributed by atoms with Crippen molar-refractivity contribution in [3.05, 3.63) is 118 Å². The first-order valence-electron chi connectivity index (χ1n) is 10.6. The van der Waals surface area contributed by atoms with Gasteiger partial charge in [0.25, 0.3) is 5.91 Å². The number of rotatable bonds is 2. The molecular formula is C28H19IN2O. The Labute approximate surface area is 199 Å². The van der Waals surface area contributed by atoms with Crippen LogP contribution in [0, 0.1) is 3.57 Å². The largest absolute Gasteiger partial charge is 0.360 e. The summed E-state index contributed by atoms with van der Waals surface area (Å²) in [6.07, 6.45) is -0.314. The lowest BCUT2D eigenvalue weighted by atomic mass is 9.99. The predicted octanol–water partition coefficient (Wildman–Crippen LogP) is 7.37. The Morgan fingerprint density at radius 3 is 2.34 bits per heavy atom. The van der Waals surface area contributed by atoms with Gasteiger partial charge in [0.2, 0.25) is 0 Å². The van der Waals surface area contributed by atoms with E-state index in [9.17, 15) is 4.79 Å². The normalized spacial score (nSPS) is 15.6. The highest BCUT2D eigenvalue weighted by Gasteiger charge is 2.35. The first-order chi connectivity index (χ1) is 15.7. The van der Waals surface area contributed by atoms with Crippen molar-refractivity contribution in [1.82, 2.24) is 0 Å². The molecule has 1 N–H and O–H groups in total. The van der Waals surface area contributed by atoms with E-state index >= 15 is 0 Å². The average Bonchev–Trinajstić information content (AvgIpc) is 2.84. The molecule has 0 aliphatic carbocycles. The van der Waals surface area contributed by atoms with Gasteiger partial charge in [-0.25, -0.2) is 0 Å². The lowest BCUT2D eigenvalue weighted by molar-refractivity contribution is 0.0975. The number of nitrogens with one attached hydrogen (secondary N) is 1. The third-order valence-electron chi connectivity index (χ3n) is 6.10. The second-order valence-corrected chi connectivity index (χ2v) is 9.26. The van der Waals surface area contributed by atoms with Gasteiger partial charge in [0, 0.05) is 14.6 Å². The lowest BCUT2D eigenvalue weighted by Crippen LogP contribution is -2.43. The molecule has 32 heavy (non-hydrogen) atoms. The van der Waals surface area contributed by atoms with Gasteiger partial charge in [-0.3, -0.25) is 9.69 Å². The van der Waals surface area contributed by atoms with Crippen molar-refractivity contribution in [2.75, 3.05) is 10.2 Å². The summed E-state index contributed by atoms with van der Waals surface area (Å²) in [6.45, 7) is 0. The molecule has 1 amide bonds. The number of nitrogens with zero attached hydrogens (tertiary/aromatic N) is 1. The Bertz CT molecular complexity index is 1510. The molecule has 6 rings (SSSR count). The van der Waals surface area contributed by atoms with E-state index in [-0.39, 0.29) is 12.1 Å². The van der Waals surface area contributed by atoms with E-state index in [0.717, 1.165) is 36.7 Å². The van der Waals surface area contributed by atoms with Gasteiger partial charge in [-0.05, 0) is 74.6 Å². The zero-order valence-corrected chi connectivity index (χ0v) is 19.3. The van der Waals surface area contributed by atoms with Crippen molar-refractivity contribution in [3.8, 4) is 0 Å². The second-order valence-electron chi connectivity index (χ2n) is 8.02. The average molecular weight is 526 g/mol. The summed E-state index contributed by atoms with van der Waals surface area (Å²) in [7, 11) is 0. The van der Waals surface area contributed by atoms with Crippen LogP contribution < -0.4 is 10.2 Å². The van der Waals surface area contributed by atoms with Gasteiger partial charge in [0.15, 0.2) is 0 Å². The molecule has 1 aliphatic rings. The number of anilines is 2. The zero-order chi connectivity index (χ0) is 21.7. The Morgan fingerprint density at radius 1 is 0.719 bits per heavy atom. The van der Waals surface area contributed by atoms with Crippen LogP contribution in [0.1, 0.15) is 22.1 Å². The maximum Gasteiger partial charge on any atom is 0.262 e. The molecular weight excluding hydrogens is 507 g/mol. The molecule has 154 valence electrons. The summed E-state index contributed by atoms with van der Waals surface area (Å²) in [4.78, 5) is 15.9. The third-order valence-corrected chi connectivity index (χ3v) is 6.77. The van der Waals surface area contributed by atoms with Gasteiger partial charge in [-0.15, -0.1) is 0 Å². The molecule has 3 nitrogen and oxygen atoms in total. The van der Waals surface area contributed by atoms with E-state index in [2.05, 4.69) is 76.4 Å². The second kappa shape index (κ2) is 7.64. The number of carbonyl (C=O) groups is 1. The fraction of sp³-hybridized carbons (Fsp3) is 0.0357. The van der Waals surface area contributed by atoms with Crippen LogP contribution in [0.4, 0.5) is 11.4 Å². The van der Waals surface area contributed by atoms with Gasteiger partial charge in [0.05, 0.1) is 11.3 Å². The summed E-state index contributed by atoms with van der Waals surface area (Å²) in [5, 5.41) is 8.17. The number of carbonyl (C=O) groups excluding carboxylic acids is 1. The highest BCUT2D eigenvalue weighted by Crippen LogP contribution is 2.40. The Hall–Kier alpha value is -3.38. The van der Waals surface area contributed by atoms with E-state index in [1.165, 1.54) is 5.39 Å². The maximum atomic E-state index is 13.9. The SMILES string of the molecule is O=C1c2cc(I)ccc2N[C@@H](c2ccc3ccccc3c2)N1c1cccc2ccccc12. The monoisotopic (exact) mass is 526 g/mol. The number of benzene rings is 5. The number of amides is 1. The summed E-state index contributed by atoms with van der Waals surface area (Å²) < 4.78 is 1.04. The molecule has 0 saturated heterocycles. The minimum absolute atomic E-state index is 0.00628.